The predicted octanol–water partition coefficient (Wildman–Crippen LogP) is 2.12. The number of aromatic amines is 1. The van der Waals surface area contributed by atoms with Crippen LogP contribution in [0.3, 0.4) is 0 Å². The van der Waals surface area contributed by atoms with E-state index in [1.807, 2.05) is 0 Å². The summed E-state index contributed by atoms with van der Waals surface area (Å²) in [6.45, 7) is -1.29. The first-order valence-electron chi connectivity index (χ1n) is 7.09. The Bertz CT molecular complexity index is 753. The minimum absolute atomic E-state index is 0.0700. The number of nitrogens with one attached hydrogen (secondary N) is 3. The van der Waals surface area contributed by atoms with Crippen molar-refractivity contribution in [2.75, 3.05) is 19.0 Å². The highest BCUT2D eigenvalue weighted by molar-refractivity contribution is 6.05. The molecule has 0 radical (unpaired) electrons. The fraction of sp³-hybridized carbons (Fsp3) is 0.267. The van der Waals surface area contributed by atoms with Crippen LogP contribution in [0, 0.1) is 0 Å². The summed E-state index contributed by atoms with van der Waals surface area (Å²) in [5.74, 6) is -0.104. The molecule has 6 nitrogen and oxygen atoms in total. The van der Waals surface area contributed by atoms with E-state index in [-0.39, 0.29) is 5.84 Å². The van der Waals surface area contributed by atoms with Gasteiger partial charge < -0.3 is 20.4 Å². The SMILES string of the molecule is COc1ccc(C2(N)NC(=NCC(F)(F)F)c3cc[nH]c3N2)cc1. The summed E-state index contributed by atoms with van der Waals surface area (Å²) >= 11 is 0. The van der Waals surface area contributed by atoms with Crippen LogP contribution in [0.15, 0.2) is 41.5 Å². The van der Waals surface area contributed by atoms with Gasteiger partial charge in [-0.1, -0.05) is 0 Å². The molecule has 5 N–H and O–H groups in total. The first-order valence-corrected chi connectivity index (χ1v) is 7.09. The second kappa shape index (κ2) is 5.75. The van der Waals surface area contributed by atoms with E-state index in [1.165, 1.54) is 7.11 Å². The molecule has 0 spiro atoms. The number of anilines is 1. The van der Waals surface area contributed by atoms with Gasteiger partial charge in [-0.25, -0.2) is 0 Å². The number of aromatic nitrogens is 1. The van der Waals surface area contributed by atoms with Crippen molar-refractivity contribution in [2.45, 2.75) is 12.0 Å². The van der Waals surface area contributed by atoms with Crippen LogP contribution in [0.1, 0.15) is 11.1 Å². The smallest absolute Gasteiger partial charge is 0.408 e. The van der Waals surface area contributed by atoms with Gasteiger partial charge in [-0.05, 0) is 30.3 Å². The summed E-state index contributed by atoms with van der Waals surface area (Å²) in [4.78, 5) is 6.55. The van der Waals surface area contributed by atoms with Crippen LogP contribution in [-0.4, -0.2) is 30.7 Å². The molecule has 0 saturated carbocycles. The standard InChI is InChI=1S/C15H16F3N5O/c1-24-10-4-2-9(3-5-10)15(19)22-12-11(6-7-20-12)13(23-15)21-8-14(16,17)18/h2-7,20,22H,8,19H2,1H3,(H,21,23). The highest BCUT2D eigenvalue weighted by Crippen LogP contribution is 2.28. The highest BCUT2D eigenvalue weighted by atomic mass is 19.4. The molecule has 0 amide bonds. The lowest BCUT2D eigenvalue weighted by molar-refractivity contribution is -0.118. The Morgan fingerprint density at radius 2 is 1.88 bits per heavy atom. The van der Waals surface area contributed by atoms with Crippen LogP contribution in [0.2, 0.25) is 0 Å². The number of hydrogen-bond donors (Lipinski definition) is 4. The van der Waals surface area contributed by atoms with Crippen LogP contribution >= 0.6 is 0 Å². The molecule has 1 aromatic carbocycles. The summed E-state index contributed by atoms with van der Waals surface area (Å²) < 4.78 is 42.6. The van der Waals surface area contributed by atoms with E-state index in [1.54, 1.807) is 36.5 Å². The molecule has 24 heavy (non-hydrogen) atoms. The summed E-state index contributed by atoms with van der Waals surface area (Å²) in [7, 11) is 1.54. The van der Waals surface area contributed by atoms with Crippen molar-refractivity contribution in [1.82, 2.24) is 10.3 Å². The summed E-state index contributed by atoms with van der Waals surface area (Å²) in [6, 6.07) is 8.48. The molecule has 0 aliphatic carbocycles. The summed E-state index contributed by atoms with van der Waals surface area (Å²) in [6.07, 6.45) is -2.80. The first kappa shape index (κ1) is 16.2. The number of methoxy groups -OCH3 is 1. The van der Waals surface area contributed by atoms with E-state index in [9.17, 15) is 13.2 Å². The number of halogens is 3. The molecule has 0 fully saturated rings. The number of alkyl halides is 3. The van der Waals surface area contributed by atoms with Crippen molar-refractivity contribution in [3.63, 3.8) is 0 Å². The number of nitrogens with two attached hydrogens (primary N) is 1. The number of ether oxygens (including phenoxy) is 1. The zero-order valence-electron chi connectivity index (χ0n) is 12.7. The third-order valence-corrected chi connectivity index (χ3v) is 3.60. The summed E-state index contributed by atoms with van der Waals surface area (Å²) in [5, 5.41) is 5.90. The fourth-order valence-corrected chi connectivity index (χ4v) is 2.44. The Morgan fingerprint density at radius 1 is 1.17 bits per heavy atom. The Morgan fingerprint density at radius 3 is 2.50 bits per heavy atom. The molecular weight excluding hydrogens is 323 g/mol. The van der Waals surface area contributed by atoms with Gasteiger partial charge in [0.1, 0.15) is 23.9 Å². The van der Waals surface area contributed by atoms with E-state index in [2.05, 4.69) is 20.6 Å². The van der Waals surface area contributed by atoms with Crippen molar-refractivity contribution in [3.05, 3.63) is 47.7 Å². The van der Waals surface area contributed by atoms with Crippen molar-refractivity contribution >= 4 is 11.7 Å². The Kier molecular flexibility index (Phi) is 3.88. The molecule has 0 saturated heterocycles. The Hall–Kier alpha value is -2.68. The predicted molar refractivity (Wildman–Crippen MR) is 83.9 cm³/mol. The van der Waals surface area contributed by atoms with Crippen molar-refractivity contribution in [3.8, 4) is 5.75 Å². The van der Waals surface area contributed by atoms with Crippen molar-refractivity contribution in [1.29, 1.82) is 0 Å². The number of H-pyrrole nitrogens is 1. The van der Waals surface area contributed by atoms with E-state index in [0.717, 1.165) is 0 Å². The summed E-state index contributed by atoms with van der Waals surface area (Å²) in [5.41, 5.74) is 7.44. The number of hydrogen-bond acceptors (Lipinski definition) is 4. The van der Waals surface area contributed by atoms with E-state index in [4.69, 9.17) is 10.5 Å². The van der Waals surface area contributed by atoms with Crippen LogP contribution in [0.25, 0.3) is 0 Å². The lowest BCUT2D eigenvalue weighted by Crippen LogP contribution is -2.61. The molecule has 1 aromatic heterocycles. The number of rotatable bonds is 3. The maximum Gasteiger partial charge on any atom is 0.408 e. The zero-order chi connectivity index (χ0) is 17.4. The molecule has 2 heterocycles. The van der Waals surface area contributed by atoms with E-state index in [0.29, 0.717) is 22.7 Å². The quantitative estimate of drug-likeness (QED) is 0.690. The lowest BCUT2D eigenvalue weighted by Gasteiger charge is -2.38. The van der Waals surface area contributed by atoms with Crippen LogP contribution in [0.4, 0.5) is 19.0 Å². The maximum atomic E-state index is 12.5. The zero-order valence-corrected chi connectivity index (χ0v) is 12.7. The van der Waals surface area contributed by atoms with Gasteiger partial charge in [0.05, 0.1) is 12.7 Å². The van der Waals surface area contributed by atoms with Gasteiger partial charge in [0.25, 0.3) is 0 Å². The molecule has 1 aliphatic heterocycles. The molecule has 1 unspecified atom stereocenters. The Labute approximate surface area is 135 Å². The topological polar surface area (TPSA) is 87.5 Å². The minimum atomic E-state index is -4.40. The largest absolute Gasteiger partial charge is 0.497 e. The first-order chi connectivity index (χ1) is 11.3. The number of aliphatic imine (C=N–C) groups is 1. The maximum absolute atomic E-state index is 12.5. The lowest BCUT2D eigenvalue weighted by atomic mass is 10.0. The third kappa shape index (κ3) is 3.16. The third-order valence-electron chi connectivity index (χ3n) is 3.60. The van der Waals surface area contributed by atoms with Gasteiger partial charge in [0, 0.05) is 11.8 Å². The second-order valence-electron chi connectivity index (χ2n) is 5.33. The van der Waals surface area contributed by atoms with E-state index >= 15 is 0 Å². The number of fused-ring (bicyclic) bond motifs is 1. The highest BCUT2D eigenvalue weighted by Gasteiger charge is 2.36. The van der Waals surface area contributed by atoms with Gasteiger partial charge in [0.2, 0.25) is 0 Å². The van der Waals surface area contributed by atoms with E-state index < -0.39 is 18.5 Å². The molecule has 3 rings (SSSR count). The molecule has 128 valence electrons. The minimum Gasteiger partial charge on any atom is -0.497 e. The number of amidine groups is 1. The molecule has 1 atom stereocenters. The molecule has 9 heteroatoms. The normalized spacial score (nSPS) is 21.8. The number of nitrogens with zero attached hydrogens (tertiary/aromatic N) is 1. The molecule has 2 aromatic rings. The van der Waals surface area contributed by atoms with Gasteiger partial charge >= 0.3 is 6.18 Å². The van der Waals surface area contributed by atoms with Gasteiger partial charge in [-0.2, -0.15) is 13.2 Å². The molecule has 0 bridgehead atoms. The van der Waals surface area contributed by atoms with Gasteiger partial charge in [0.15, 0.2) is 5.79 Å². The monoisotopic (exact) mass is 339 g/mol. The average molecular weight is 339 g/mol. The second-order valence-corrected chi connectivity index (χ2v) is 5.33. The van der Waals surface area contributed by atoms with Crippen molar-refractivity contribution < 1.29 is 17.9 Å². The molecule has 1 aliphatic rings. The Balaban J connectivity index is 1.96. The average Bonchev–Trinajstić information content (AvgIpc) is 3.00. The van der Waals surface area contributed by atoms with Crippen molar-refractivity contribution in [2.24, 2.45) is 10.7 Å². The molecular formula is C15H16F3N5O. The van der Waals surface area contributed by atoms with Crippen LogP contribution in [0.5, 0.6) is 5.75 Å². The van der Waals surface area contributed by atoms with Crippen LogP contribution in [-0.2, 0) is 5.79 Å². The van der Waals surface area contributed by atoms with Gasteiger partial charge in [-0.15, -0.1) is 0 Å². The number of benzene rings is 1. The van der Waals surface area contributed by atoms with Gasteiger partial charge in [-0.3, -0.25) is 10.7 Å². The fourth-order valence-electron chi connectivity index (χ4n) is 2.44. The van der Waals surface area contributed by atoms with Crippen LogP contribution < -0.4 is 21.1 Å².